The van der Waals surface area contributed by atoms with Crippen LogP contribution in [0.3, 0.4) is 0 Å². The molecule has 3 heteroatoms. The quantitative estimate of drug-likeness (QED) is 0.191. The van der Waals surface area contributed by atoms with Crippen molar-refractivity contribution in [3.05, 3.63) is 0 Å². The minimum atomic E-state index is 0. The van der Waals surface area contributed by atoms with Crippen LogP contribution in [0.5, 0.6) is 0 Å². The Morgan fingerprint density at radius 3 is 1.50 bits per heavy atom. The summed E-state index contributed by atoms with van der Waals surface area (Å²) in [6.07, 6.45) is 0. The zero-order valence-corrected chi connectivity index (χ0v) is 6.41. The van der Waals surface area contributed by atoms with Crippen LogP contribution in [0.4, 0.5) is 0 Å². The summed E-state index contributed by atoms with van der Waals surface area (Å²) in [5, 5.41) is 0. The van der Waals surface area contributed by atoms with Gasteiger partial charge in [-0.2, -0.15) is 0 Å². The summed E-state index contributed by atoms with van der Waals surface area (Å²) in [4.78, 5) is 7.75. The zero-order valence-electron chi connectivity index (χ0n) is 3.30. The van der Waals surface area contributed by atoms with Crippen molar-refractivity contribution in [1.82, 2.24) is 0 Å². The molecule has 0 amide bonds. The van der Waals surface area contributed by atoms with E-state index in [-0.39, 0.29) is 69.3 Å². The van der Waals surface area contributed by atoms with Crippen molar-refractivity contribution >= 4 is 6.79 Å². The van der Waals surface area contributed by atoms with Gasteiger partial charge in [0.05, 0.1) is 0 Å². The molecule has 0 aromatic rings. The maximum atomic E-state index is 7.75. The Balaban J connectivity index is -0.00000000167. The SMILES string of the molecule is [CH-]=O.[H-].[K+].[Ni]. The van der Waals surface area contributed by atoms with Crippen LogP contribution in [0.1, 0.15) is 1.43 Å². The maximum absolute atomic E-state index is 7.75. The van der Waals surface area contributed by atoms with Crippen LogP contribution in [0.2, 0.25) is 0 Å². The Morgan fingerprint density at radius 1 is 1.50 bits per heavy atom. The third-order valence-corrected chi connectivity index (χ3v) is 0. The third-order valence-electron chi connectivity index (χ3n) is 0. The first-order chi connectivity index (χ1) is 1.00. The second-order valence-electron chi connectivity index (χ2n) is 0. The Hall–Kier alpha value is 1.80. The van der Waals surface area contributed by atoms with E-state index >= 15 is 0 Å². The van der Waals surface area contributed by atoms with E-state index in [2.05, 4.69) is 6.79 Å². The molecular weight excluding hydrogens is 126 g/mol. The van der Waals surface area contributed by atoms with Crippen LogP contribution < -0.4 is 51.4 Å². The predicted molar refractivity (Wildman–Crippen MR) is 7.86 cm³/mol. The summed E-state index contributed by atoms with van der Waals surface area (Å²) in [6, 6.07) is 0. The fourth-order valence-corrected chi connectivity index (χ4v) is 0. The van der Waals surface area contributed by atoms with Crippen molar-refractivity contribution in [1.29, 1.82) is 0 Å². The summed E-state index contributed by atoms with van der Waals surface area (Å²) < 4.78 is 0. The number of rotatable bonds is 0. The van der Waals surface area contributed by atoms with Gasteiger partial charge in [0.15, 0.2) is 0 Å². The number of carbonyl (C=O) groups excluding carboxylic acids is 1. The van der Waals surface area contributed by atoms with Gasteiger partial charge >= 0.3 is 51.4 Å². The van der Waals surface area contributed by atoms with Gasteiger partial charge in [-0.3, -0.25) is 6.79 Å². The minimum absolute atomic E-state index is 0. The summed E-state index contributed by atoms with van der Waals surface area (Å²) in [5.41, 5.74) is 0. The first-order valence-corrected chi connectivity index (χ1v) is 0.236. The minimum Gasteiger partial charge on any atom is -1.00 e. The average molecular weight is 128 g/mol. The zero-order chi connectivity index (χ0) is 2.00. The van der Waals surface area contributed by atoms with E-state index in [1.807, 2.05) is 0 Å². The van der Waals surface area contributed by atoms with Crippen LogP contribution in [0.15, 0.2) is 0 Å². The molecule has 0 aliphatic carbocycles. The monoisotopic (exact) mass is 127 g/mol. The molecular formula is CH2KNiO-. The Labute approximate surface area is 79.4 Å². The molecule has 0 aromatic carbocycles. The van der Waals surface area contributed by atoms with Crippen LogP contribution in [-0.4, -0.2) is 6.79 Å². The molecule has 0 aromatic heterocycles. The fraction of sp³-hybridized carbons (Fsp3) is 0. The first-order valence-electron chi connectivity index (χ1n) is 0.236. The van der Waals surface area contributed by atoms with Gasteiger partial charge in [-0.1, -0.05) is 0 Å². The van der Waals surface area contributed by atoms with E-state index in [0.29, 0.717) is 0 Å². The average Bonchev–Trinajstić information content (AvgIpc) is 1.00. The van der Waals surface area contributed by atoms with Gasteiger partial charge < -0.3 is 6.22 Å². The van der Waals surface area contributed by atoms with E-state index in [0.717, 1.165) is 0 Å². The van der Waals surface area contributed by atoms with Crippen LogP contribution >= 0.6 is 0 Å². The van der Waals surface area contributed by atoms with Crippen molar-refractivity contribution in [2.24, 2.45) is 0 Å². The summed E-state index contributed by atoms with van der Waals surface area (Å²) >= 11 is 0. The van der Waals surface area contributed by atoms with Crippen molar-refractivity contribution in [2.75, 3.05) is 0 Å². The molecule has 0 aliphatic heterocycles. The van der Waals surface area contributed by atoms with E-state index in [9.17, 15) is 0 Å². The van der Waals surface area contributed by atoms with Crippen LogP contribution in [0.25, 0.3) is 0 Å². The Kier molecular flexibility index (Phi) is 91.2. The Bertz CT molecular complexity index is 11.6. The normalized spacial score (nSPS) is 1.00. The molecule has 0 unspecified atom stereocenters. The van der Waals surface area contributed by atoms with Gasteiger partial charge in [0.2, 0.25) is 0 Å². The molecule has 0 aliphatic rings. The molecule has 0 bridgehead atoms. The molecule has 0 heterocycles. The molecule has 0 N–H and O–H groups in total. The summed E-state index contributed by atoms with van der Waals surface area (Å²) in [5.74, 6) is 0. The fourth-order valence-electron chi connectivity index (χ4n) is 0. The maximum Gasteiger partial charge on any atom is 1.00 e. The number of hydrogen-bond donors (Lipinski definition) is 0. The molecule has 4 heavy (non-hydrogen) atoms. The van der Waals surface area contributed by atoms with Gasteiger partial charge in [0.25, 0.3) is 0 Å². The topological polar surface area (TPSA) is 17.1 Å². The van der Waals surface area contributed by atoms with Crippen LogP contribution in [0, 0.1) is 0 Å². The molecule has 0 saturated carbocycles. The molecule has 0 atom stereocenters. The molecule has 0 fully saturated rings. The largest absolute Gasteiger partial charge is 1.00 e. The summed E-state index contributed by atoms with van der Waals surface area (Å²) in [6.45, 7) is 3.25. The van der Waals surface area contributed by atoms with Gasteiger partial charge in [0, 0.05) is 16.5 Å². The van der Waals surface area contributed by atoms with Crippen molar-refractivity contribution in [3.63, 3.8) is 0 Å². The van der Waals surface area contributed by atoms with E-state index < -0.39 is 0 Å². The van der Waals surface area contributed by atoms with Gasteiger partial charge in [-0.15, -0.1) is 0 Å². The second kappa shape index (κ2) is 21.4. The van der Waals surface area contributed by atoms with Crippen molar-refractivity contribution in [2.45, 2.75) is 0 Å². The van der Waals surface area contributed by atoms with E-state index in [4.69, 9.17) is 4.79 Å². The molecule has 0 rings (SSSR count). The predicted octanol–water partition coefficient (Wildman–Crippen LogP) is -3.16. The second-order valence-corrected chi connectivity index (χ2v) is 0. The summed E-state index contributed by atoms with van der Waals surface area (Å²) in [7, 11) is 0. The van der Waals surface area contributed by atoms with E-state index in [1.165, 1.54) is 0 Å². The van der Waals surface area contributed by atoms with Crippen molar-refractivity contribution < 1.29 is 74.1 Å². The van der Waals surface area contributed by atoms with Crippen LogP contribution in [-0.2, 0) is 21.3 Å². The molecule has 0 saturated heterocycles. The molecule has 1 nitrogen and oxygen atoms in total. The molecule has 24 valence electrons. The van der Waals surface area contributed by atoms with Gasteiger partial charge in [0.1, 0.15) is 0 Å². The smallest absolute Gasteiger partial charge is 1.00 e. The molecule has 0 spiro atoms. The third kappa shape index (κ3) is 9.20. The standard InChI is InChI=1S/CHO.K.Ni.H/c1-2;;;/h1H;;;/q-1;+1;;-1. The van der Waals surface area contributed by atoms with E-state index in [1.54, 1.807) is 0 Å². The Morgan fingerprint density at radius 2 is 1.50 bits per heavy atom. The molecule has 0 radical (unpaired) electrons. The first kappa shape index (κ1) is 17.0. The van der Waals surface area contributed by atoms with Gasteiger partial charge in [-0.05, 0) is 0 Å². The van der Waals surface area contributed by atoms with Crippen molar-refractivity contribution in [3.8, 4) is 0 Å². The van der Waals surface area contributed by atoms with Gasteiger partial charge in [-0.25, -0.2) is 0 Å². The number of hydrogen-bond acceptors (Lipinski definition) is 1.